The highest BCUT2D eigenvalue weighted by molar-refractivity contribution is 14.0. The van der Waals surface area contributed by atoms with Gasteiger partial charge < -0.3 is 20.3 Å². The van der Waals surface area contributed by atoms with E-state index >= 15 is 0 Å². The fraction of sp³-hybridized carbons (Fsp3) is 0.895. The molecule has 1 heterocycles. The molecule has 0 unspecified atom stereocenters. The number of nitrogens with one attached hydrogen (secondary N) is 2. The minimum atomic E-state index is 0. The van der Waals surface area contributed by atoms with E-state index in [0.29, 0.717) is 12.3 Å². The van der Waals surface area contributed by atoms with E-state index in [1.54, 1.807) is 0 Å². The quantitative estimate of drug-likeness (QED) is 0.194. The number of guanidine groups is 1. The minimum absolute atomic E-state index is 0. The van der Waals surface area contributed by atoms with Crippen LogP contribution in [0.25, 0.3) is 0 Å². The Bertz CT molecular complexity index is 381. The second-order valence-corrected chi connectivity index (χ2v) is 6.55. The number of aliphatic imine (C=N–C) groups is 1. The molecule has 1 amide bonds. The van der Waals surface area contributed by atoms with E-state index in [9.17, 15) is 4.79 Å². The first-order valence-corrected chi connectivity index (χ1v) is 10.2. The summed E-state index contributed by atoms with van der Waals surface area (Å²) in [7, 11) is 0. The van der Waals surface area contributed by atoms with E-state index in [1.807, 2.05) is 4.90 Å². The summed E-state index contributed by atoms with van der Waals surface area (Å²) in [5.41, 5.74) is 0. The molecular formula is C19H39IN4O2. The molecule has 0 aromatic carbocycles. The summed E-state index contributed by atoms with van der Waals surface area (Å²) < 4.78 is 5.56. The van der Waals surface area contributed by atoms with Crippen LogP contribution in [0.4, 0.5) is 0 Å². The number of unbranched alkanes of at least 4 members (excludes halogenated alkanes) is 1. The molecule has 7 heteroatoms. The van der Waals surface area contributed by atoms with Crippen molar-refractivity contribution in [1.29, 1.82) is 0 Å². The molecule has 0 atom stereocenters. The molecule has 2 N–H and O–H groups in total. The highest BCUT2D eigenvalue weighted by Crippen LogP contribution is 2.11. The number of halogens is 1. The normalized spacial score (nSPS) is 15.4. The zero-order valence-electron chi connectivity index (χ0n) is 16.7. The van der Waals surface area contributed by atoms with Gasteiger partial charge in [-0.2, -0.15) is 0 Å². The fourth-order valence-corrected chi connectivity index (χ4v) is 2.80. The van der Waals surface area contributed by atoms with Crippen LogP contribution >= 0.6 is 24.0 Å². The van der Waals surface area contributed by atoms with Crippen molar-refractivity contribution in [2.75, 3.05) is 45.9 Å². The first-order valence-electron chi connectivity index (χ1n) is 10.2. The molecule has 0 aliphatic carbocycles. The number of amides is 1. The third-order valence-corrected chi connectivity index (χ3v) is 4.27. The van der Waals surface area contributed by atoms with Crippen molar-refractivity contribution in [2.45, 2.75) is 65.2 Å². The lowest BCUT2D eigenvalue weighted by molar-refractivity contribution is -0.130. The average Bonchev–Trinajstić information content (AvgIpc) is 2.82. The second-order valence-electron chi connectivity index (χ2n) is 6.55. The van der Waals surface area contributed by atoms with Gasteiger partial charge in [0.2, 0.25) is 5.91 Å². The van der Waals surface area contributed by atoms with Crippen molar-refractivity contribution in [3.05, 3.63) is 0 Å². The maximum atomic E-state index is 12.0. The molecule has 0 aromatic rings. The second kappa shape index (κ2) is 17.8. The molecule has 1 rings (SSSR count). The number of carbonyl (C=O) groups is 1. The van der Waals surface area contributed by atoms with Crippen LogP contribution in [0.3, 0.4) is 0 Å². The molecule has 1 aliphatic rings. The Balaban J connectivity index is 0.00000625. The van der Waals surface area contributed by atoms with Crippen LogP contribution in [0.2, 0.25) is 0 Å². The van der Waals surface area contributed by atoms with Crippen LogP contribution in [0.1, 0.15) is 65.2 Å². The molecule has 154 valence electrons. The summed E-state index contributed by atoms with van der Waals surface area (Å²) >= 11 is 0. The Morgan fingerprint density at radius 1 is 1.12 bits per heavy atom. The van der Waals surface area contributed by atoms with Crippen LogP contribution < -0.4 is 10.6 Å². The van der Waals surface area contributed by atoms with Crippen LogP contribution in [0, 0.1) is 0 Å². The Hall–Kier alpha value is -0.570. The van der Waals surface area contributed by atoms with Crippen LogP contribution in [0.15, 0.2) is 4.99 Å². The van der Waals surface area contributed by atoms with Crippen LogP contribution in [0.5, 0.6) is 0 Å². The highest BCUT2D eigenvalue weighted by Gasteiger charge is 2.15. The summed E-state index contributed by atoms with van der Waals surface area (Å²) in [6.07, 6.45) is 8.29. The summed E-state index contributed by atoms with van der Waals surface area (Å²) in [5, 5.41) is 6.62. The zero-order chi connectivity index (χ0) is 18.2. The smallest absolute Gasteiger partial charge is 0.222 e. The summed E-state index contributed by atoms with van der Waals surface area (Å²) in [6.45, 7) is 10.1. The number of rotatable bonds is 12. The van der Waals surface area contributed by atoms with Crippen LogP contribution in [-0.4, -0.2) is 62.7 Å². The van der Waals surface area contributed by atoms with Gasteiger partial charge in [0.1, 0.15) is 0 Å². The van der Waals surface area contributed by atoms with Gasteiger partial charge in [0.25, 0.3) is 0 Å². The van der Waals surface area contributed by atoms with Crippen LogP contribution in [-0.2, 0) is 9.53 Å². The van der Waals surface area contributed by atoms with Crippen molar-refractivity contribution >= 4 is 35.8 Å². The lowest BCUT2D eigenvalue weighted by Crippen LogP contribution is -2.38. The molecule has 1 aliphatic heterocycles. The largest absolute Gasteiger partial charge is 0.381 e. The van der Waals surface area contributed by atoms with Crippen molar-refractivity contribution in [3.8, 4) is 0 Å². The van der Waals surface area contributed by atoms with Gasteiger partial charge in [0, 0.05) is 52.4 Å². The van der Waals surface area contributed by atoms with Gasteiger partial charge in [0.15, 0.2) is 5.96 Å². The number of hydrogen-bond acceptors (Lipinski definition) is 3. The lowest BCUT2D eigenvalue weighted by atomic mass is 10.2. The van der Waals surface area contributed by atoms with Gasteiger partial charge in [-0.15, -0.1) is 24.0 Å². The monoisotopic (exact) mass is 482 g/mol. The average molecular weight is 482 g/mol. The van der Waals surface area contributed by atoms with E-state index in [2.05, 4.69) is 29.5 Å². The van der Waals surface area contributed by atoms with Gasteiger partial charge in [-0.1, -0.05) is 19.8 Å². The third-order valence-electron chi connectivity index (χ3n) is 4.27. The molecule has 0 spiro atoms. The molecule has 1 saturated heterocycles. The topological polar surface area (TPSA) is 66.0 Å². The number of nitrogens with zero attached hydrogens (tertiary/aromatic N) is 2. The fourth-order valence-electron chi connectivity index (χ4n) is 2.80. The Labute approximate surface area is 176 Å². The summed E-state index contributed by atoms with van der Waals surface area (Å²) in [6, 6.07) is 0. The molecule has 1 fully saturated rings. The van der Waals surface area contributed by atoms with Crippen molar-refractivity contribution in [2.24, 2.45) is 4.99 Å². The standard InChI is InChI=1S/C19H38N4O2.HI/c1-3-5-16-25-17-10-13-22-19(20-4-2)21-12-9-15-23-14-8-6-7-11-18(23)24;/h3-17H2,1-2H3,(H2,20,21,22);1H. The first-order chi connectivity index (χ1) is 12.3. The van der Waals surface area contributed by atoms with Gasteiger partial charge in [-0.05, 0) is 39.0 Å². The lowest BCUT2D eigenvalue weighted by Gasteiger charge is -2.20. The van der Waals surface area contributed by atoms with E-state index in [0.717, 1.165) is 84.0 Å². The molecule has 0 saturated carbocycles. The molecule has 26 heavy (non-hydrogen) atoms. The summed E-state index contributed by atoms with van der Waals surface area (Å²) in [4.78, 5) is 18.6. The predicted octanol–water partition coefficient (Wildman–Crippen LogP) is 3.16. The van der Waals surface area contributed by atoms with Gasteiger partial charge in [-0.3, -0.25) is 9.79 Å². The predicted molar refractivity (Wildman–Crippen MR) is 119 cm³/mol. The Morgan fingerprint density at radius 3 is 2.69 bits per heavy atom. The molecule has 0 radical (unpaired) electrons. The van der Waals surface area contributed by atoms with E-state index in [4.69, 9.17) is 4.74 Å². The van der Waals surface area contributed by atoms with Gasteiger partial charge >= 0.3 is 0 Å². The van der Waals surface area contributed by atoms with Crippen molar-refractivity contribution in [1.82, 2.24) is 15.5 Å². The Kier molecular flexibility index (Phi) is 17.4. The maximum absolute atomic E-state index is 12.0. The molecular weight excluding hydrogens is 443 g/mol. The first kappa shape index (κ1) is 25.4. The van der Waals surface area contributed by atoms with E-state index < -0.39 is 0 Å². The molecule has 0 aromatic heterocycles. The van der Waals surface area contributed by atoms with Gasteiger partial charge in [0.05, 0.1) is 0 Å². The number of likely N-dealkylation sites (tertiary alicyclic amines) is 1. The minimum Gasteiger partial charge on any atom is -0.381 e. The van der Waals surface area contributed by atoms with E-state index in [1.165, 1.54) is 12.8 Å². The number of ether oxygens (including phenoxy) is 1. The zero-order valence-corrected chi connectivity index (χ0v) is 19.1. The van der Waals surface area contributed by atoms with Crippen molar-refractivity contribution < 1.29 is 9.53 Å². The van der Waals surface area contributed by atoms with Crippen molar-refractivity contribution in [3.63, 3.8) is 0 Å². The highest BCUT2D eigenvalue weighted by atomic mass is 127. The molecule has 0 bridgehead atoms. The number of hydrogen-bond donors (Lipinski definition) is 2. The Morgan fingerprint density at radius 2 is 1.92 bits per heavy atom. The number of carbonyl (C=O) groups excluding carboxylic acids is 1. The SMILES string of the molecule is CCCCOCCCNC(=NCCCN1CCCCCC1=O)NCC.I. The molecule has 6 nitrogen and oxygen atoms in total. The summed E-state index contributed by atoms with van der Waals surface area (Å²) in [5.74, 6) is 1.17. The van der Waals surface area contributed by atoms with Gasteiger partial charge in [-0.25, -0.2) is 0 Å². The maximum Gasteiger partial charge on any atom is 0.222 e. The van der Waals surface area contributed by atoms with E-state index in [-0.39, 0.29) is 24.0 Å². The third kappa shape index (κ3) is 12.7.